The molecule has 3 heterocycles. The van der Waals surface area contributed by atoms with E-state index in [1.807, 2.05) is 12.1 Å². The van der Waals surface area contributed by atoms with Gasteiger partial charge < -0.3 is 9.84 Å². The quantitative estimate of drug-likeness (QED) is 0.933. The summed E-state index contributed by atoms with van der Waals surface area (Å²) in [4.78, 5) is 8.91. The van der Waals surface area contributed by atoms with Gasteiger partial charge in [0.1, 0.15) is 5.69 Å². The lowest BCUT2D eigenvalue weighted by molar-refractivity contribution is 0.221. The van der Waals surface area contributed by atoms with Crippen LogP contribution in [0.25, 0.3) is 11.5 Å². The molecule has 3 rings (SSSR count). The molecule has 2 aromatic heterocycles. The van der Waals surface area contributed by atoms with Crippen LogP contribution in [0.15, 0.2) is 27.3 Å². The van der Waals surface area contributed by atoms with Gasteiger partial charge in [-0.05, 0) is 53.9 Å². The van der Waals surface area contributed by atoms with E-state index in [1.54, 1.807) is 6.20 Å². The summed E-state index contributed by atoms with van der Waals surface area (Å²) in [5, 5.41) is 7.54. The van der Waals surface area contributed by atoms with Crippen LogP contribution < -0.4 is 5.32 Å². The van der Waals surface area contributed by atoms with E-state index in [9.17, 15) is 0 Å². The van der Waals surface area contributed by atoms with Crippen molar-refractivity contribution in [2.45, 2.75) is 31.6 Å². The summed E-state index contributed by atoms with van der Waals surface area (Å²) in [5.41, 5.74) is 0.683. The van der Waals surface area contributed by atoms with Crippen LogP contribution in [-0.2, 0) is 5.41 Å². The molecule has 5 nitrogen and oxygen atoms in total. The lowest BCUT2D eigenvalue weighted by Crippen LogP contribution is -2.43. The average Bonchev–Trinajstić information content (AvgIpc) is 2.98. The molecule has 20 heavy (non-hydrogen) atoms. The topological polar surface area (TPSA) is 63.8 Å². The Labute approximate surface area is 126 Å². The van der Waals surface area contributed by atoms with Crippen molar-refractivity contribution < 1.29 is 4.52 Å². The highest BCUT2D eigenvalue weighted by Crippen LogP contribution is 2.34. The molecule has 0 aromatic carbocycles. The number of hydrogen-bond acceptors (Lipinski definition) is 5. The van der Waals surface area contributed by atoms with Crippen LogP contribution in [-0.4, -0.2) is 28.2 Å². The molecular weight excluding hydrogens is 320 g/mol. The number of rotatable bonds is 3. The first-order chi connectivity index (χ1) is 9.75. The van der Waals surface area contributed by atoms with Crippen molar-refractivity contribution >= 4 is 15.9 Å². The highest BCUT2D eigenvalue weighted by molar-refractivity contribution is 9.10. The number of hydrogen-bond donors (Lipinski definition) is 1. The minimum atomic E-state index is -0.0369. The van der Waals surface area contributed by atoms with Crippen LogP contribution >= 0.6 is 15.9 Å². The lowest BCUT2D eigenvalue weighted by atomic mass is 9.78. The smallest absolute Gasteiger partial charge is 0.234 e. The lowest BCUT2D eigenvalue weighted by Gasteiger charge is -2.33. The standard InChI is InChI=1S/C14H17BrN4O/c1-2-14(6-4-7-16-9-14)13-18-12(19-20-13)11-10(15)5-3-8-17-11/h3,5,8,16H,2,4,6-7,9H2,1H3. The van der Waals surface area contributed by atoms with E-state index in [0.29, 0.717) is 5.82 Å². The maximum atomic E-state index is 5.55. The molecule has 106 valence electrons. The average molecular weight is 337 g/mol. The molecule has 1 N–H and O–H groups in total. The van der Waals surface area contributed by atoms with E-state index < -0.39 is 0 Å². The molecule has 1 fully saturated rings. The van der Waals surface area contributed by atoms with E-state index in [-0.39, 0.29) is 5.41 Å². The summed E-state index contributed by atoms with van der Waals surface area (Å²) in [6, 6.07) is 3.79. The Morgan fingerprint density at radius 1 is 1.50 bits per heavy atom. The Morgan fingerprint density at radius 2 is 2.40 bits per heavy atom. The minimum Gasteiger partial charge on any atom is -0.338 e. The zero-order valence-corrected chi connectivity index (χ0v) is 13.0. The van der Waals surface area contributed by atoms with Crippen molar-refractivity contribution in [1.82, 2.24) is 20.4 Å². The van der Waals surface area contributed by atoms with Crippen molar-refractivity contribution in [2.24, 2.45) is 0 Å². The van der Waals surface area contributed by atoms with E-state index in [1.165, 1.54) is 0 Å². The van der Waals surface area contributed by atoms with Gasteiger partial charge in [-0.15, -0.1) is 0 Å². The molecule has 1 aliphatic rings. The molecule has 1 atom stereocenters. The van der Waals surface area contributed by atoms with Gasteiger partial charge in [-0.3, -0.25) is 4.98 Å². The molecule has 1 saturated heterocycles. The summed E-state index contributed by atoms with van der Waals surface area (Å²) < 4.78 is 6.42. The molecule has 0 radical (unpaired) electrons. The van der Waals surface area contributed by atoms with Gasteiger partial charge in [0.25, 0.3) is 0 Å². The predicted molar refractivity (Wildman–Crippen MR) is 79.3 cm³/mol. The van der Waals surface area contributed by atoms with E-state index in [4.69, 9.17) is 4.52 Å². The fourth-order valence-corrected chi connectivity index (χ4v) is 3.12. The molecule has 0 bridgehead atoms. The molecule has 0 aliphatic carbocycles. The minimum absolute atomic E-state index is 0.0369. The van der Waals surface area contributed by atoms with E-state index in [2.05, 4.69) is 43.3 Å². The third-order valence-electron chi connectivity index (χ3n) is 4.00. The molecule has 1 aliphatic heterocycles. The van der Waals surface area contributed by atoms with Crippen LogP contribution in [0.1, 0.15) is 32.1 Å². The molecule has 6 heteroatoms. The molecule has 0 saturated carbocycles. The highest BCUT2D eigenvalue weighted by atomic mass is 79.9. The number of halogens is 1. The van der Waals surface area contributed by atoms with Gasteiger partial charge in [0.05, 0.1) is 5.41 Å². The van der Waals surface area contributed by atoms with Crippen molar-refractivity contribution in [2.75, 3.05) is 13.1 Å². The summed E-state index contributed by atoms with van der Waals surface area (Å²) in [5.74, 6) is 1.27. The number of nitrogens with one attached hydrogen (secondary N) is 1. The Bertz CT molecular complexity index is 592. The van der Waals surface area contributed by atoms with Gasteiger partial charge in [0.2, 0.25) is 11.7 Å². The summed E-state index contributed by atoms with van der Waals surface area (Å²) >= 11 is 3.47. The monoisotopic (exact) mass is 336 g/mol. The van der Waals surface area contributed by atoms with E-state index >= 15 is 0 Å². The Balaban J connectivity index is 1.95. The van der Waals surface area contributed by atoms with Crippen LogP contribution in [0.5, 0.6) is 0 Å². The Kier molecular flexibility index (Phi) is 3.85. The van der Waals surface area contributed by atoms with Gasteiger partial charge in [-0.1, -0.05) is 12.1 Å². The number of piperidine rings is 1. The number of nitrogens with zero attached hydrogens (tertiary/aromatic N) is 3. The number of aromatic nitrogens is 3. The van der Waals surface area contributed by atoms with Crippen molar-refractivity contribution in [3.8, 4) is 11.5 Å². The molecule has 1 unspecified atom stereocenters. The maximum absolute atomic E-state index is 5.55. The third-order valence-corrected chi connectivity index (χ3v) is 4.64. The fourth-order valence-electron chi connectivity index (χ4n) is 2.69. The second-order valence-corrected chi connectivity index (χ2v) is 6.03. The normalized spacial score (nSPS) is 22.9. The Morgan fingerprint density at radius 3 is 3.10 bits per heavy atom. The summed E-state index contributed by atoms with van der Waals surface area (Å²) in [6.07, 6.45) is 4.94. The molecule has 2 aromatic rings. The first kappa shape index (κ1) is 13.7. The highest BCUT2D eigenvalue weighted by Gasteiger charge is 2.37. The van der Waals surface area contributed by atoms with Gasteiger partial charge in [0.15, 0.2) is 0 Å². The van der Waals surface area contributed by atoms with E-state index in [0.717, 1.165) is 48.4 Å². The van der Waals surface area contributed by atoms with Crippen molar-refractivity contribution in [3.05, 3.63) is 28.7 Å². The SMILES string of the molecule is CCC1(c2nc(-c3ncccc3Br)no2)CCCNC1. The summed E-state index contributed by atoms with van der Waals surface area (Å²) in [7, 11) is 0. The molecule has 0 amide bonds. The maximum Gasteiger partial charge on any atom is 0.234 e. The first-order valence-electron chi connectivity index (χ1n) is 6.91. The number of pyridine rings is 1. The molecular formula is C14H17BrN4O. The summed E-state index contributed by atoms with van der Waals surface area (Å²) in [6.45, 7) is 4.14. The van der Waals surface area contributed by atoms with Crippen molar-refractivity contribution in [3.63, 3.8) is 0 Å². The predicted octanol–water partition coefficient (Wildman–Crippen LogP) is 2.93. The largest absolute Gasteiger partial charge is 0.338 e. The van der Waals surface area contributed by atoms with Gasteiger partial charge in [-0.25, -0.2) is 0 Å². The van der Waals surface area contributed by atoms with Crippen molar-refractivity contribution in [1.29, 1.82) is 0 Å². The second-order valence-electron chi connectivity index (χ2n) is 5.17. The van der Waals surface area contributed by atoms with Gasteiger partial charge in [0, 0.05) is 17.2 Å². The fraction of sp³-hybridized carbons (Fsp3) is 0.500. The molecule has 0 spiro atoms. The zero-order valence-electron chi connectivity index (χ0n) is 11.4. The van der Waals surface area contributed by atoms with Crippen LogP contribution in [0.2, 0.25) is 0 Å². The first-order valence-corrected chi connectivity index (χ1v) is 7.70. The Hall–Kier alpha value is -1.27. The van der Waals surface area contributed by atoms with Crippen LogP contribution in [0.4, 0.5) is 0 Å². The van der Waals surface area contributed by atoms with Crippen LogP contribution in [0.3, 0.4) is 0 Å². The van der Waals surface area contributed by atoms with Gasteiger partial charge >= 0.3 is 0 Å². The second kappa shape index (κ2) is 5.61. The van der Waals surface area contributed by atoms with Gasteiger partial charge in [-0.2, -0.15) is 4.98 Å². The zero-order chi connectivity index (χ0) is 14.0. The van der Waals surface area contributed by atoms with Crippen LogP contribution in [0, 0.1) is 0 Å². The third kappa shape index (κ3) is 2.38.